The molecule has 0 bridgehead atoms. The highest BCUT2D eigenvalue weighted by Crippen LogP contribution is 2.25. The normalized spacial score (nSPS) is 15.1. The van der Waals surface area contributed by atoms with Gasteiger partial charge in [-0.15, -0.1) is 0 Å². The number of benzene rings is 2. The average molecular weight is 362 g/mol. The van der Waals surface area contributed by atoms with Gasteiger partial charge in [0.2, 0.25) is 5.91 Å². The topological polar surface area (TPSA) is 62.1 Å². The molecule has 0 spiro atoms. The van der Waals surface area contributed by atoms with Gasteiger partial charge in [-0.1, -0.05) is 24.3 Å². The van der Waals surface area contributed by atoms with Gasteiger partial charge in [0.25, 0.3) is 0 Å². The molecule has 2 aromatic rings. The van der Waals surface area contributed by atoms with Gasteiger partial charge in [-0.3, -0.25) is 4.79 Å². The van der Waals surface area contributed by atoms with Crippen LogP contribution in [0.4, 0.5) is 0 Å². The van der Waals surface area contributed by atoms with Crippen molar-refractivity contribution in [3.63, 3.8) is 0 Å². The van der Waals surface area contributed by atoms with Crippen molar-refractivity contribution < 1.29 is 9.53 Å². The fourth-order valence-electron chi connectivity index (χ4n) is 3.47. The van der Waals surface area contributed by atoms with Crippen LogP contribution in [0.25, 0.3) is 0 Å². The van der Waals surface area contributed by atoms with Gasteiger partial charge in [0.15, 0.2) is 0 Å². The molecular formula is C23H26N2O2. The number of hydrogen-bond acceptors (Lipinski definition) is 3. The van der Waals surface area contributed by atoms with E-state index >= 15 is 0 Å². The zero-order valence-electron chi connectivity index (χ0n) is 15.8. The van der Waals surface area contributed by atoms with Crippen LogP contribution in [0.1, 0.15) is 61.8 Å². The van der Waals surface area contributed by atoms with Crippen LogP contribution < -0.4 is 10.1 Å². The average Bonchev–Trinajstić information content (AvgIpc) is 3.20. The van der Waals surface area contributed by atoms with Crippen LogP contribution in [-0.4, -0.2) is 12.0 Å². The summed E-state index contributed by atoms with van der Waals surface area (Å²) in [6.07, 6.45) is 6.25. The van der Waals surface area contributed by atoms with E-state index in [1.165, 1.54) is 12.8 Å². The van der Waals surface area contributed by atoms with Crippen LogP contribution in [0.3, 0.4) is 0 Å². The number of carbonyl (C=O) groups is 1. The molecule has 27 heavy (non-hydrogen) atoms. The van der Waals surface area contributed by atoms with Gasteiger partial charge in [0.1, 0.15) is 5.75 Å². The maximum atomic E-state index is 12.3. The second-order valence-corrected chi connectivity index (χ2v) is 7.19. The van der Waals surface area contributed by atoms with Gasteiger partial charge in [0, 0.05) is 6.42 Å². The number of rotatable bonds is 7. The number of amides is 1. The smallest absolute Gasteiger partial charge is 0.220 e. The molecule has 0 radical (unpaired) electrons. The van der Waals surface area contributed by atoms with E-state index in [0.29, 0.717) is 24.5 Å². The number of carbonyl (C=O) groups excluding carboxylic acids is 1. The van der Waals surface area contributed by atoms with E-state index < -0.39 is 0 Å². The van der Waals surface area contributed by atoms with Crippen molar-refractivity contribution in [1.82, 2.24) is 5.32 Å². The third-order valence-corrected chi connectivity index (χ3v) is 5.06. The first-order chi connectivity index (χ1) is 13.1. The molecule has 1 amide bonds. The maximum Gasteiger partial charge on any atom is 0.220 e. The molecule has 0 saturated heterocycles. The zero-order chi connectivity index (χ0) is 19.1. The minimum Gasteiger partial charge on any atom is -0.490 e. The second kappa shape index (κ2) is 9.23. The van der Waals surface area contributed by atoms with Crippen molar-refractivity contribution in [3.05, 3.63) is 65.2 Å². The van der Waals surface area contributed by atoms with Gasteiger partial charge >= 0.3 is 0 Å². The number of aryl methyl sites for hydroxylation is 1. The van der Waals surface area contributed by atoms with Gasteiger partial charge in [-0.25, -0.2) is 0 Å². The minimum atomic E-state index is -0.0812. The molecule has 1 aliphatic rings. The van der Waals surface area contributed by atoms with Crippen molar-refractivity contribution >= 4 is 5.91 Å². The van der Waals surface area contributed by atoms with E-state index in [-0.39, 0.29) is 11.9 Å². The van der Waals surface area contributed by atoms with Gasteiger partial charge < -0.3 is 10.1 Å². The molecule has 140 valence electrons. The van der Waals surface area contributed by atoms with Crippen LogP contribution in [0.5, 0.6) is 5.75 Å². The molecule has 0 aromatic heterocycles. The molecule has 1 aliphatic carbocycles. The van der Waals surface area contributed by atoms with Crippen molar-refractivity contribution in [3.8, 4) is 11.8 Å². The van der Waals surface area contributed by atoms with E-state index in [1.54, 1.807) is 12.1 Å². The molecule has 0 heterocycles. The number of nitrogens with zero attached hydrogens (tertiary/aromatic N) is 1. The summed E-state index contributed by atoms with van der Waals surface area (Å²) in [6.45, 7) is 1.95. The largest absolute Gasteiger partial charge is 0.490 e. The van der Waals surface area contributed by atoms with Crippen LogP contribution in [0.2, 0.25) is 0 Å². The Morgan fingerprint density at radius 2 is 1.96 bits per heavy atom. The lowest BCUT2D eigenvalue weighted by molar-refractivity contribution is -0.121. The Morgan fingerprint density at radius 3 is 2.67 bits per heavy atom. The van der Waals surface area contributed by atoms with E-state index in [2.05, 4.69) is 17.5 Å². The van der Waals surface area contributed by atoms with Crippen LogP contribution in [0, 0.1) is 11.3 Å². The highest BCUT2D eigenvalue weighted by molar-refractivity contribution is 5.76. The summed E-state index contributed by atoms with van der Waals surface area (Å²) in [5, 5.41) is 11.9. The lowest BCUT2D eigenvalue weighted by atomic mass is 10.1. The lowest BCUT2D eigenvalue weighted by Crippen LogP contribution is -2.26. The predicted octanol–water partition coefficient (Wildman–Crippen LogP) is 4.69. The van der Waals surface area contributed by atoms with Crippen molar-refractivity contribution in [1.29, 1.82) is 5.26 Å². The summed E-state index contributed by atoms with van der Waals surface area (Å²) in [7, 11) is 0. The van der Waals surface area contributed by atoms with Crippen LogP contribution in [-0.2, 0) is 11.2 Å². The molecule has 1 atom stereocenters. The first-order valence-electron chi connectivity index (χ1n) is 9.69. The van der Waals surface area contributed by atoms with Crippen LogP contribution in [0.15, 0.2) is 48.5 Å². The van der Waals surface area contributed by atoms with E-state index in [0.717, 1.165) is 29.7 Å². The lowest BCUT2D eigenvalue weighted by Gasteiger charge is -2.15. The van der Waals surface area contributed by atoms with Gasteiger partial charge in [0.05, 0.1) is 23.8 Å². The van der Waals surface area contributed by atoms with Crippen molar-refractivity contribution in [2.24, 2.45) is 0 Å². The molecule has 3 rings (SSSR count). The molecule has 0 aliphatic heterocycles. The fourth-order valence-corrected chi connectivity index (χ4v) is 3.47. The Bertz CT molecular complexity index is 802. The fraction of sp³-hybridized carbons (Fsp3) is 0.391. The SMILES string of the molecule is CC(NC(=O)CCc1cccc(OC2CCCC2)c1)c1ccc(C#N)cc1. The standard InChI is InChI=1S/C23H26N2O2/c1-17(20-12-9-19(16-24)10-13-20)25-23(26)14-11-18-5-4-8-22(15-18)27-21-6-2-3-7-21/h4-5,8-10,12-13,15,17,21H,2-3,6-7,11,14H2,1H3,(H,25,26). The quantitative estimate of drug-likeness (QED) is 0.777. The zero-order valence-corrected chi connectivity index (χ0v) is 15.8. The Hall–Kier alpha value is -2.80. The summed E-state index contributed by atoms with van der Waals surface area (Å²) < 4.78 is 6.04. The first kappa shape index (κ1) is 19.0. The molecule has 1 unspecified atom stereocenters. The third-order valence-electron chi connectivity index (χ3n) is 5.06. The Labute approximate surface area is 161 Å². The van der Waals surface area contributed by atoms with Crippen LogP contribution >= 0.6 is 0 Å². The number of nitriles is 1. The molecular weight excluding hydrogens is 336 g/mol. The van der Waals surface area contributed by atoms with E-state index in [1.807, 2.05) is 37.3 Å². The van der Waals surface area contributed by atoms with E-state index in [9.17, 15) is 4.79 Å². The maximum absolute atomic E-state index is 12.3. The number of nitrogens with one attached hydrogen (secondary N) is 1. The highest BCUT2D eigenvalue weighted by Gasteiger charge is 2.16. The summed E-state index contributed by atoms with van der Waals surface area (Å²) >= 11 is 0. The van der Waals surface area contributed by atoms with Gasteiger partial charge in [-0.05, 0) is 74.4 Å². The first-order valence-corrected chi connectivity index (χ1v) is 9.69. The summed E-state index contributed by atoms with van der Waals surface area (Å²) in [5.74, 6) is 0.930. The summed E-state index contributed by atoms with van der Waals surface area (Å²) in [6, 6.07) is 17.4. The van der Waals surface area contributed by atoms with Gasteiger partial charge in [-0.2, -0.15) is 5.26 Å². The molecule has 1 fully saturated rings. The molecule has 4 nitrogen and oxygen atoms in total. The second-order valence-electron chi connectivity index (χ2n) is 7.19. The highest BCUT2D eigenvalue weighted by atomic mass is 16.5. The molecule has 2 aromatic carbocycles. The summed E-state index contributed by atoms with van der Waals surface area (Å²) in [5.41, 5.74) is 2.73. The van der Waals surface area contributed by atoms with E-state index in [4.69, 9.17) is 10.00 Å². The Kier molecular flexibility index (Phi) is 6.49. The molecule has 1 saturated carbocycles. The number of hydrogen-bond donors (Lipinski definition) is 1. The third kappa shape index (κ3) is 5.59. The predicted molar refractivity (Wildman–Crippen MR) is 105 cm³/mol. The van der Waals surface area contributed by atoms with Crippen molar-refractivity contribution in [2.45, 2.75) is 57.6 Å². The molecule has 4 heteroatoms. The van der Waals surface area contributed by atoms with Crippen molar-refractivity contribution in [2.75, 3.05) is 0 Å². The molecule has 1 N–H and O–H groups in total. The summed E-state index contributed by atoms with van der Waals surface area (Å²) in [4.78, 5) is 12.3. The minimum absolute atomic E-state index is 0.0222. The monoisotopic (exact) mass is 362 g/mol. The Balaban J connectivity index is 1.48. The Morgan fingerprint density at radius 1 is 1.22 bits per heavy atom. The number of ether oxygens (including phenoxy) is 1.